The maximum absolute atomic E-state index is 13.6. The topological polar surface area (TPSA) is 86.8 Å². The van der Waals surface area contributed by atoms with E-state index in [1.54, 1.807) is 49.4 Å². The number of amides is 2. The van der Waals surface area contributed by atoms with Gasteiger partial charge in [0.25, 0.3) is 10.0 Å². The van der Waals surface area contributed by atoms with E-state index < -0.39 is 28.5 Å². The van der Waals surface area contributed by atoms with Crippen molar-refractivity contribution < 1.29 is 18.0 Å². The van der Waals surface area contributed by atoms with Gasteiger partial charge in [0, 0.05) is 21.6 Å². The maximum Gasteiger partial charge on any atom is 0.264 e. The molecule has 3 aromatic carbocycles. The standard InChI is InChI=1S/C25H25BrIN3O4S/c1-18(25(32)28-2)29(16-19-7-6-8-20(26)15-19)24(31)17-30(22-13-11-21(27)12-14-22)35(33,34)23-9-4-3-5-10-23/h3-15,18H,16-17H2,1-2H3,(H,28,32)/t18-/m1/s1. The molecule has 0 radical (unpaired) electrons. The molecule has 0 aliphatic rings. The fourth-order valence-corrected chi connectivity index (χ4v) is 5.72. The number of nitrogens with zero attached hydrogens (tertiary/aromatic N) is 2. The molecule has 35 heavy (non-hydrogen) atoms. The van der Waals surface area contributed by atoms with E-state index in [9.17, 15) is 18.0 Å². The summed E-state index contributed by atoms with van der Waals surface area (Å²) in [6.45, 7) is 1.29. The van der Waals surface area contributed by atoms with Crippen LogP contribution in [0.4, 0.5) is 5.69 Å². The van der Waals surface area contributed by atoms with Gasteiger partial charge in [-0.2, -0.15) is 0 Å². The normalized spacial score (nSPS) is 12.0. The second-order valence-corrected chi connectivity index (χ2v) is 11.8. The first-order valence-corrected chi connectivity index (χ1v) is 14.0. The van der Waals surface area contributed by atoms with Gasteiger partial charge in [-0.25, -0.2) is 8.42 Å². The lowest BCUT2D eigenvalue weighted by molar-refractivity contribution is -0.139. The number of anilines is 1. The Balaban J connectivity index is 2.01. The molecule has 2 amide bonds. The number of hydrogen-bond acceptors (Lipinski definition) is 4. The van der Waals surface area contributed by atoms with Crippen molar-refractivity contribution in [3.05, 3.63) is 92.5 Å². The Hall–Kier alpha value is -2.44. The highest BCUT2D eigenvalue weighted by molar-refractivity contribution is 14.1. The third-order valence-corrected chi connectivity index (χ3v) is 8.38. The van der Waals surface area contributed by atoms with Crippen LogP contribution in [-0.2, 0) is 26.2 Å². The van der Waals surface area contributed by atoms with Gasteiger partial charge < -0.3 is 10.2 Å². The van der Waals surface area contributed by atoms with Gasteiger partial charge in [-0.15, -0.1) is 0 Å². The third-order valence-electron chi connectivity index (χ3n) is 5.38. The van der Waals surface area contributed by atoms with Gasteiger partial charge >= 0.3 is 0 Å². The quantitative estimate of drug-likeness (QED) is 0.342. The van der Waals surface area contributed by atoms with E-state index >= 15 is 0 Å². The summed E-state index contributed by atoms with van der Waals surface area (Å²) >= 11 is 5.56. The summed E-state index contributed by atoms with van der Waals surface area (Å²) < 4.78 is 30.1. The second kappa shape index (κ2) is 12.0. The smallest absolute Gasteiger partial charge is 0.264 e. The zero-order chi connectivity index (χ0) is 25.6. The highest BCUT2D eigenvalue weighted by atomic mass is 127. The lowest BCUT2D eigenvalue weighted by Gasteiger charge is -2.31. The Morgan fingerprint density at radius 2 is 1.66 bits per heavy atom. The summed E-state index contributed by atoms with van der Waals surface area (Å²) in [5, 5.41) is 2.57. The van der Waals surface area contributed by atoms with Crippen LogP contribution in [0.5, 0.6) is 0 Å². The number of carbonyl (C=O) groups excluding carboxylic acids is 2. The van der Waals surface area contributed by atoms with Gasteiger partial charge in [-0.3, -0.25) is 13.9 Å². The van der Waals surface area contributed by atoms with Crippen LogP contribution >= 0.6 is 38.5 Å². The Kier molecular flexibility index (Phi) is 9.31. The molecule has 0 heterocycles. The summed E-state index contributed by atoms with van der Waals surface area (Å²) in [5.41, 5.74) is 1.16. The molecule has 7 nitrogen and oxygen atoms in total. The number of hydrogen-bond donors (Lipinski definition) is 1. The predicted molar refractivity (Wildman–Crippen MR) is 148 cm³/mol. The molecule has 184 valence electrons. The molecule has 0 fully saturated rings. The van der Waals surface area contributed by atoms with Crippen LogP contribution < -0.4 is 9.62 Å². The summed E-state index contributed by atoms with van der Waals surface area (Å²) in [5.74, 6) is -0.848. The van der Waals surface area contributed by atoms with Crippen LogP contribution in [0.3, 0.4) is 0 Å². The van der Waals surface area contributed by atoms with Gasteiger partial charge in [0.2, 0.25) is 11.8 Å². The molecule has 0 saturated carbocycles. The maximum atomic E-state index is 13.6. The molecule has 0 aromatic heterocycles. The molecule has 0 bridgehead atoms. The number of sulfonamides is 1. The van der Waals surface area contributed by atoms with Crippen LogP contribution in [0.15, 0.2) is 88.2 Å². The van der Waals surface area contributed by atoms with Crippen molar-refractivity contribution in [2.24, 2.45) is 0 Å². The summed E-state index contributed by atoms with van der Waals surface area (Å²) in [4.78, 5) is 27.6. The molecule has 0 unspecified atom stereocenters. The first kappa shape index (κ1) is 27.2. The molecular formula is C25H25BrIN3O4S. The molecule has 3 rings (SSSR count). The molecule has 1 N–H and O–H groups in total. The van der Waals surface area contributed by atoms with Crippen molar-refractivity contribution >= 4 is 66.0 Å². The van der Waals surface area contributed by atoms with Gasteiger partial charge in [0.05, 0.1) is 10.6 Å². The summed E-state index contributed by atoms with van der Waals surface area (Å²) in [6.07, 6.45) is 0. The van der Waals surface area contributed by atoms with Gasteiger partial charge in [0.1, 0.15) is 12.6 Å². The Labute approximate surface area is 227 Å². The van der Waals surface area contributed by atoms with E-state index in [-0.39, 0.29) is 17.3 Å². The average molecular weight is 670 g/mol. The van der Waals surface area contributed by atoms with E-state index in [1.807, 2.05) is 24.3 Å². The number of benzene rings is 3. The van der Waals surface area contributed by atoms with Crippen LogP contribution in [-0.4, -0.2) is 44.8 Å². The van der Waals surface area contributed by atoms with Crippen molar-refractivity contribution in [3.63, 3.8) is 0 Å². The summed E-state index contributed by atoms with van der Waals surface area (Å²) in [7, 11) is -2.55. The lowest BCUT2D eigenvalue weighted by atomic mass is 10.1. The van der Waals surface area contributed by atoms with Crippen LogP contribution in [0, 0.1) is 3.57 Å². The number of rotatable bonds is 9. The SMILES string of the molecule is CNC(=O)[C@@H](C)N(Cc1cccc(Br)c1)C(=O)CN(c1ccc(I)cc1)S(=O)(=O)c1ccccc1. The Morgan fingerprint density at radius 3 is 2.26 bits per heavy atom. The second-order valence-electron chi connectivity index (χ2n) is 7.74. The van der Waals surface area contributed by atoms with Crippen molar-refractivity contribution in [2.75, 3.05) is 17.9 Å². The van der Waals surface area contributed by atoms with E-state index in [2.05, 4.69) is 43.8 Å². The van der Waals surface area contributed by atoms with Crippen molar-refractivity contribution in [1.29, 1.82) is 0 Å². The predicted octanol–water partition coefficient (Wildman–Crippen LogP) is 4.41. The van der Waals surface area contributed by atoms with Crippen molar-refractivity contribution in [2.45, 2.75) is 24.4 Å². The Bertz CT molecular complexity index is 1290. The molecule has 0 aliphatic heterocycles. The van der Waals surface area contributed by atoms with Crippen molar-refractivity contribution in [1.82, 2.24) is 10.2 Å². The molecule has 0 spiro atoms. The van der Waals surface area contributed by atoms with Gasteiger partial charge in [0.15, 0.2) is 0 Å². The third kappa shape index (κ3) is 6.83. The number of likely N-dealkylation sites (N-methyl/N-ethyl adjacent to an activating group) is 1. The minimum atomic E-state index is -4.05. The van der Waals surface area contributed by atoms with Crippen LogP contribution in [0.1, 0.15) is 12.5 Å². The largest absolute Gasteiger partial charge is 0.357 e. The highest BCUT2D eigenvalue weighted by Crippen LogP contribution is 2.25. The zero-order valence-electron chi connectivity index (χ0n) is 19.2. The van der Waals surface area contributed by atoms with Gasteiger partial charge in [-0.1, -0.05) is 46.3 Å². The minimum absolute atomic E-state index is 0.0734. The lowest BCUT2D eigenvalue weighted by Crippen LogP contribution is -2.50. The first-order valence-electron chi connectivity index (χ1n) is 10.7. The molecule has 10 heteroatoms. The van der Waals surface area contributed by atoms with Gasteiger partial charge in [-0.05, 0) is 83.6 Å². The fourth-order valence-electron chi connectivity index (χ4n) is 3.48. The molecule has 0 aliphatic carbocycles. The van der Waals surface area contributed by atoms with Crippen molar-refractivity contribution in [3.8, 4) is 0 Å². The van der Waals surface area contributed by atoms with E-state index in [1.165, 1.54) is 24.1 Å². The van der Waals surface area contributed by atoms with E-state index in [0.717, 1.165) is 17.9 Å². The number of carbonyl (C=O) groups is 2. The molecular weight excluding hydrogens is 645 g/mol. The monoisotopic (exact) mass is 669 g/mol. The fraction of sp³-hybridized carbons (Fsp3) is 0.200. The highest BCUT2D eigenvalue weighted by Gasteiger charge is 2.32. The van der Waals surface area contributed by atoms with Crippen LogP contribution in [0.2, 0.25) is 0 Å². The van der Waals surface area contributed by atoms with E-state index in [0.29, 0.717) is 5.69 Å². The first-order chi connectivity index (χ1) is 16.6. The molecule has 3 aromatic rings. The average Bonchev–Trinajstić information content (AvgIpc) is 2.86. The molecule has 0 saturated heterocycles. The Morgan fingerprint density at radius 1 is 1.00 bits per heavy atom. The van der Waals surface area contributed by atoms with E-state index in [4.69, 9.17) is 0 Å². The summed E-state index contributed by atoms with van der Waals surface area (Å²) in [6, 6.07) is 21.4. The molecule has 1 atom stereocenters. The van der Waals surface area contributed by atoms with Crippen LogP contribution in [0.25, 0.3) is 0 Å². The number of nitrogens with one attached hydrogen (secondary N) is 1. The zero-order valence-corrected chi connectivity index (χ0v) is 23.7. The number of halogens is 2. The minimum Gasteiger partial charge on any atom is -0.357 e.